The number of hydrogen-bond acceptors (Lipinski definition) is 3. The third kappa shape index (κ3) is 2.90. The number of nitrogens with zero attached hydrogens (tertiary/aromatic N) is 3. The van der Waals surface area contributed by atoms with Crippen molar-refractivity contribution in [3.63, 3.8) is 0 Å². The SMILES string of the molecule is C=CCN(CC=C)CC1=Cc2ccccc2C2=NCCCN12. The summed E-state index contributed by atoms with van der Waals surface area (Å²) in [6.07, 6.45) is 7.32. The standard InChI is InChI=1S/C19H23N3/c1-3-11-21(12-4-2)15-17-14-16-8-5-6-9-18(16)19-20-10-7-13-22(17)19/h3-6,8-9,14H,1-2,7,10-13,15H2. The number of aliphatic imine (C=N–C) groups is 1. The van der Waals surface area contributed by atoms with Gasteiger partial charge in [-0.15, -0.1) is 13.2 Å². The van der Waals surface area contributed by atoms with E-state index in [1.165, 1.54) is 16.8 Å². The molecule has 0 saturated carbocycles. The molecule has 0 radical (unpaired) electrons. The maximum Gasteiger partial charge on any atom is 0.135 e. The highest BCUT2D eigenvalue weighted by molar-refractivity contribution is 6.05. The molecule has 1 aromatic rings. The van der Waals surface area contributed by atoms with Crippen LogP contribution in [0.2, 0.25) is 0 Å². The highest BCUT2D eigenvalue weighted by Crippen LogP contribution is 2.27. The van der Waals surface area contributed by atoms with Gasteiger partial charge in [-0.25, -0.2) is 0 Å². The number of fused-ring (bicyclic) bond motifs is 3. The molecule has 0 saturated heterocycles. The van der Waals surface area contributed by atoms with Gasteiger partial charge in [0.25, 0.3) is 0 Å². The van der Waals surface area contributed by atoms with Gasteiger partial charge in [0.15, 0.2) is 0 Å². The molecular formula is C19H23N3. The molecule has 0 fully saturated rings. The number of amidine groups is 1. The molecule has 3 heteroatoms. The van der Waals surface area contributed by atoms with E-state index in [1.54, 1.807) is 0 Å². The van der Waals surface area contributed by atoms with E-state index in [9.17, 15) is 0 Å². The van der Waals surface area contributed by atoms with Gasteiger partial charge >= 0.3 is 0 Å². The fourth-order valence-corrected chi connectivity index (χ4v) is 3.13. The lowest BCUT2D eigenvalue weighted by atomic mass is 9.98. The van der Waals surface area contributed by atoms with Gasteiger partial charge in [-0.2, -0.15) is 0 Å². The normalized spacial score (nSPS) is 16.5. The molecule has 0 spiro atoms. The largest absolute Gasteiger partial charge is 0.329 e. The Morgan fingerprint density at radius 3 is 2.73 bits per heavy atom. The van der Waals surface area contributed by atoms with E-state index in [2.05, 4.69) is 53.3 Å². The fourth-order valence-electron chi connectivity index (χ4n) is 3.13. The predicted molar refractivity (Wildman–Crippen MR) is 94.0 cm³/mol. The first-order valence-corrected chi connectivity index (χ1v) is 7.89. The summed E-state index contributed by atoms with van der Waals surface area (Å²) in [6.45, 7) is 12.3. The molecule has 1 aromatic carbocycles. The smallest absolute Gasteiger partial charge is 0.135 e. The zero-order valence-electron chi connectivity index (χ0n) is 13.0. The van der Waals surface area contributed by atoms with E-state index < -0.39 is 0 Å². The monoisotopic (exact) mass is 293 g/mol. The second kappa shape index (κ2) is 6.75. The lowest BCUT2D eigenvalue weighted by Gasteiger charge is -2.37. The zero-order chi connectivity index (χ0) is 15.4. The average molecular weight is 293 g/mol. The van der Waals surface area contributed by atoms with Gasteiger partial charge in [-0.3, -0.25) is 9.89 Å². The second-order valence-corrected chi connectivity index (χ2v) is 5.70. The average Bonchev–Trinajstić information content (AvgIpc) is 2.55. The van der Waals surface area contributed by atoms with Gasteiger partial charge in [0.2, 0.25) is 0 Å². The van der Waals surface area contributed by atoms with Gasteiger partial charge in [-0.1, -0.05) is 36.4 Å². The van der Waals surface area contributed by atoms with Crippen LogP contribution in [0, 0.1) is 0 Å². The van der Waals surface area contributed by atoms with Crippen molar-refractivity contribution in [1.82, 2.24) is 9.80 Å². The summed E-state index contributed by atoms with van der Waals surface area (Å²) in [6, 6.07) is 8.53. The van der Waals surface area contributed by atoms with Crippen molar-refractivity contribution in [3.05, 3.63) is 66.4 Å². The molecule has 0 unspecified atom stereocenters. The van der Waals surface area contributed by atoms with E-state index in [0.717, 1.165) is 45.0 Å². The van der Waals surface area contributed by atoms with Crippen molar-refractivity contribution in [2.75, 3.05) is 32.7 Å². The minimum atomic E-state index is 0.866. The summed E-state index contributed by atoms with van der Waals surface area (Å²) in [5.74, 6) is 1.14. The summed E-state index contributed by atoms with van der Waals surface area (Å²) in [5.41, 5.74) is 3.84. The Labute approximate surface area is 133 Å². The third-order valence-corrected chi connectivity index (χ3v) is 4.09. The van der Waals surface area contributed by atoms with Crippen LogP contribution in [0.15, 0.2) is 60.3 Å². The van der Waals surface area contributed by atoms with Crippen LogP contribution in [0.1, 0.15) is 17.5 Å². The van der Waals surface area contributed by atoms with Crippen LogP contribution in [0.4, 0.5) is 0 Å². The minimum absolute atomic E-state index is 0.866. The Bertz CT molecular complexity index is 617. The Morgan fingerprint density at radius 2 is 1.95 bits per heavy atom. The van der Waals surface area contributed by atoms with Crippen molar-refractivity contribution >= 4 is 11.9 Å². The summed E-state index contributed by atoms with van der Waals surface area (Å²) >= 11 is 0. The first-order chi connectivity index (χ1) is 10.8. The minimum Gasteiger partial charge on any atom is -0.329 e. The molecule has 3 nitrogen and oxygen atoms in total. The zero-order valence-corrected chi connectivity index (χ0v) is 13.0. The lowest BCUT2D eigenvalue weighted by Crippen LogP contribution is -2.42. The molecule has 3 rings (SSSR count). The summed E-state index contributed by atoms with van der Waals surface area (Å²) in [4.78, 5) is 9.50. The molecule has 114 valence electrons. The third-order valence-electron chi connectivity index (χ3n) is 4.09. The molecule has 22 heavy (non-hydrogen) atoms. The van der Waals surface area contributed by atoms with E-state index in [-0.39, 0.29) is 0 Å². The molecule has 0 aromatic heterocycles. The highest BCUT2D eigenvalue weighted by Gasteiger charge is 2.26. The lowest BCUT2D eigenvalue weighted by molar-refractivity contribution is 0.328. The molecule has 0 aliphatic carbocycles. The molecule has 0 bridgehead atoms. The van der Waals surface area contributed by atoms with Crippen molar-refractivity contribution in [2.24, 2.45) is 4.99 Å². The Morgan fingerprint density at radius 1 is 1.18 bits per heavy atom. The first kappa shape index (κ1) is 14.8. The van der Waals surface area contributed by atoms with Crippen molar-refractivity contribution < 1.29 is 0 Å². The number of benzene rings is 1. The molecule has 2 aliphatic heterocycles. The van der Waals surface area contributed by atoms with E-state index in [4.69, 9.17) is 4.99 Å². The van der Waals surface area contributed by atoms with E-state index in [1.807, 2.05) is 12.2 Å². The Kier molecular flexibility index (Phi) is 4.54. The summed E-state index contributed by atoms with van der Waals surface area (Å²) < 4.78 is 0. The predicted octanol–water partition coefficient (Wildman–Crippen LogP) is 3.17. The molecule has 2 aliphatic rings. The van der Waals surface area contributed by atoms with E-state index >= 15 is 0 Å². The summed E-state index contributed by atoms with van der Waals surface area (Å²) in [7, 11) is 0. The fraction of sp³-hybridized carbons (Fsp3) is 0.316. The molecular weight excluding hydrogens is 270 g/mol. The highest BCUT2D eigenvalue weighted by atomic mass is 15.3. The molecule has 2 heterocycles. The van der Waals surface area contributed by atoms with Crippen LogP contribution in [0.5, 0.6) is 0 Å². The summed E-state index contributed by atoms with van der Waals surface area (Å²) in [5, 5.41) is 0. The van der Waals surface area contributed by atoms with Crippen molar-refractivity contribution in [1.29, 1.82) is 0 Å². The van der Waals surface area contributed by atoms with Crippen LogP contribution in [0.25, 0.3) is 6.08 Å². The molecule has 0 N–H and O–H groups in total. The van der Waals surface area contributed by atoms with Gasteiger partial charge in [0.1, 0.15) is 5.84 Å². The van der Waals surface area contributed by atoms with Gasteiger partial charge in [0, 0.05) is 44.0 Å². The second-order valence-electron chi connectivity index (χ2n) is 5.70. The van der Waals surface area contributed by atoms with Crippen molar-refractivity contribution in [2.45, 2.75) is 6.42 Å². The van der Waals surface area contributed by atoms with Crippen LogP contribution >= 0.6 is 0 Å². The van der Waals surface area contributed by atoms with Crippen LogP contribution in [0.3, 0.4) is 0 Å². The van der Waals surface area contributed by atoms with Crippen molar-refractivity contribution in [3.8, 4) is 0 Å². The Balaban J connectivity index is 1.94. The molecule has 0 amide bonds. The van der Waals surface area contributed by atoms with Gasteiger partial charge < -0.3 is 4.90 Å². The maximum absolute atomic E-state index is 4.79. The van der Waals surface area contributed by atoms with Gasteiger partial charge in [-0.05, 0) is 18.1 Å². The topological polar surface area (TPSA) is 18.8 Å². The number of hydrogen-bond donors (Lipinski definition) is 0. The van der Waals surface area contributed by atoms with Gasteiger partial charge in [0.05, 0.1) is 0 Å². The Hall–Kier alpha value is -2.13. The van der Waals surface area contributed by atoms with Crippen LogP contribution in [-0.2, 0) is 0 Å². The molecule has 0 atom stereocenters. The van der Waals surface area contributed by atoms with Crippen LogP contribution in [-0.4, -0.2) is 48.4 Å². The first-order valence-electron chi connectivity index (χ1n) is 7.89. The van der Waals surface area contributed by atoms with E-state index in [0.29, 0.717) is 0 Å². The maximum atomic E-state index is 4.79. The van der Waals surface area contributed by atoms with Crippen LogP contribution < -0.4 is 0 Å². The quantitative estimate of drug-likeness (QED) is 0.750. The number of rotatable bonds is 6.